The monoisotopic (exact) mass is 522 g/mol. The van der Waals surface area contributed by atoms with Crippen LogP contribution >= 0.6 is 0 Å². The van der Waals surface area contributed by atoms with E-state index in [9.17, 15) is 9.59 Å². The molecular weight excluding hydrogens is 492 g/mol. The maximum atomic E-state index is 12.9. The van der Waals surface area contributed by atoms with E-state index in [1.54, 1.807) is 11.1 Å². The van der Waals surface area contributed by atoms with Crippen molar-refractivity contribution >= 4 is 34.4 Å². The number of pyridine rings is 1. The van der Waals surface area contributed by atoms with Gasteiger partial charge in [-0.25, -0.2) is 9.78 Å². The molecule has 1 amide bonds. The number of rotatable bonds is 4. The lowest BCUT2D eigenvalue weighted by Crippen LogP contribution is -2.50. The summed E-state index contributed by atoms with van der Waals surface area (Å²) in [6.45, 7) is 8.25. The van der Waals surface area contributed by atoms with Crippen molar-refractivity contribution in [3.63, 3.8) is 0 Å². The van der Waals surface area contributed by atoms with Gasteiger partial charge in [0.05, 0.1) is 11.1 Å². The van der Waals surface area contributed by atoms with Crippen molar-refractivity contribution in [1.82, 2.24) is 19.4 Å². The second kappa shape index (κ2) is 10.5. The average Bonchev–Trinajstić information content (AvgIpc) is 2.92. The largest absolute Gasteiger partial charge is 0.444 e. The molecule has 1 aliphatic rings. The number of ether oxygens (including phenoxy) is 1. The smallest absolute Gasteiger partial charge is 0.410 e. The van der Waals surface area contributed by atoms with Crippen molar-refractivity contribution in [2.75, 3.05) is 36.4 Å². The van der Waals surface area contributed by atoms with Gasteiger partial charge in [0.25, 0.3) is 5.56 Å². The Morgan fingerprint density at radius 2 is 1.69 bits per heavy atom. The van der Waals surface area contributed by atoms with Crippen molar-refractivity contribution in [2.24, 2.45) is 0 Å². The van der Waals surface area contributed by atoms with Gasteiger partial charge in [0.2, 0.25) is 5.95 Å². The summed E-state index contributed by atoms with van der Waals surface area (Å²) in [6, 6.07) is 18.7. The van der Waals surface area contributed by atoms with E-state index in [1.165, 1.54) is 10.6 Å². The van der Waals surface area contributed by atoms with Crippen LogP contribution in [-0.2, 0) is 4.74 Å². The van der Waals surface area contributed by atoms with Gasteiger partial charge < -0.3 is 19.9 Å². The molecule has 0 radical (unpaired) electrons. The molecule has 9 heteroatoms. The summed E-state index contributed by atoms with van der Waals surface area (Å²) < 4.78 is 7.02. The van der Waals surface area contributed by atoms with Crippen LogP contribution in [0.15, 0.2) is 71.7 Å². The molecular formula is C30H30N6O3. The summed E-state index contributed by atoms with van der Waals surface area (Å²) in [6.07, 6.45) is 7.02. The maximum Gasteiger partial charge on any atom is 0.410 e. The molecule has 4 aromatic rings. The van der Waals surface area contributed by atoms with Crippen LogP contribution in [0.1, 0.15) is 26.3 Å². The number of carbonyl (C=O) groups excluding carboxylic acids is 1. The molecule has 39 heavy (non-hydrogen) atoms. The maximum absolute atomic E-state index is 12.9. The summed E-state index contributed by atoms with van der Waals surface area (Å²) in [4.78, 5) is 38.4. The van der Waals surface area contributed by atoms with Gasteiger partial charge in [-0.15, -0.1) is 6.42 Å². The van der Waals surface area contributed by atoms with Gasteiger partial charge in [0.15, 0.2) is 5.65 Å². The first-order valence-electron chi connectivity index (χ1n) is 12.8. The summed E-state index contributed by atoms with van der Waals surface area (Å²) in [5.41, 5.74) is 2.66. The minimum atomic E-state index is -0.505. The van der Waals surface area contributed by atoms with Crippen LogP contribution in [0.3, 0.4) is 0 Å². The summed E-state index contributed by atoms with van der Waals surface area (Å²) in [5.74, 6) is 2.91. The first-order chi connectivity index (χ1) is 18.7. The quantitative estimate of drug-likeness (QED) is 0.393. The number of aromatic nitrogens is 3. The number of benzene rings is 2. The standard InChI is InChI=1S/C30H30N6O3/c1-5-21-19-26(37)36(24-9-7-6-8-10-24)27-25(21)20-31-28(33-27)32-22-11-13-23(14-12-22)34-15-17-35(18-16-34)29(38)39-30(2,3)4/h1,6-14,19-20H,15-18H2,2-4H3,(H,31,32,33). The van der Waals surface area contributed by atoms with Gasteiger partial charge in [0.1, 0.15) is 5.60 Å². The molecule has 5 rings (SSSR count). The molecule has 1 fully saturated rings. The zero-order chi connectivity index (χ0) is 27.6. The van der Waals surface area contributed by atoms with Gasteiger partial charge in [-0.3, -0.25) is 9.36 Å². The minimum Gasteiger partial charge on any atom is -0.444 e. The molecule has 9 nitrogen and oxygen atoms in total. The Labute approximate surface area is 227 Å². The number of amides is 1. The number of nitrogens with zero attached hydrogens (tertiary/aromatic N) is 5. The Morgan fingerprint density at radius 3 is 2.33 bits per heavy atom. The molecule has 0 spiro atoms. The highest BCUT2D eigenvalue weighted by Crippen LogP contribution is 2.24. The first-order valence-corrected chi connectivity index (χ1v) is 12.8. The Bertz CT molecular complexity index is 1590. The summed E-state index contributed by atoms with van der Waals surface area (Å²) in [5, 5.41) is 3.85. The molecule has 2 aromatic carbocycles. The molecule has 0 saturated carbocycles. The SMILES string of the molecule is C#Cc1cc(=O)n(-c2ccccc2)c2nc(Nc3ccc(N4CCN(C(=O)OC(C)(C)C)CC4)cc3)ncc12. The van der Waals surface area contributed by atoms with Crippen LogP contribution in [0.25, 0.3) is 16.7 Å². The number of terminal acetylenes is 1. The Hall–Kier alpha value is -4.84. The Balaban J connectivity index is 1.33. The number of hydrogen-bond acceptors (Lipinski definition) is 7. The first kappa shape index (κ1) is 25.8. The Morgan fingerprint density at radius 1 is 1.00 bits per heavy atom. The van der Waals surface area contributed by atoms with Crippen molar-refractivity contribution in [2.45, 2.75) is 26.4 Å². The van der Waals surface area contributed by atoms with Crippen LogP contribution in [0.2, 0.25) is 0 Å². The molecule has 0 bridgehead atoms. The third kappa shape index (κ3) is 5.70. The molecule has 1 saturated heterocycles. The lowest BCUT2D eigenvalue weighted by molar-refractivity contribution is 0.0240. The van der Waals surface area contributed by atoms with Crippen molar-refractivity contribution in [3.8, 4) is 18.0 Å². The van der Waals surface area contributed by atoms with Crippen molar-refractivity contribution < 1.29 is 9.53 Å². The second-order valence-corrected chi connectivity index (χ2v) is 10.3. The molecule has 1 N–H and O–H groups in total. The van der Waals surface area contributed by atoms with Crippen molar-refractivity contribution in [3.05, 3.63) is 82.8 Å². The lowest BCUT2D eigenvalue weighted by Gasteiger charge is -2.36. The van der Waals surface area contributed by atoms with Crippen molar-refractivity contribution in [1.29, 1.82) is 0 Å². The fourth-order valence-corrected chi connectivity index (χ4v) is 4.47. The van der Waals surface area contributed by atoms with Crippen LogP contribution < -0.4 is 15.8 Å². The highest BCUT2D eigenvalue weighted by molar-refractivity contribution is 5.84. The van der Waals surface area contributed by atoms with Gasteiger partial charge >= 0.3 is 6.09 Å². The van der Waals surface area contributed by atoms with Crippen LogP contribution in [0, 0.1) is 12.3 Å². The van der Waals surface area contributed by atoms with Gasteiger partial charge in [0, 0.05) is 55.4 Å². The topological polar surface area (TPSA) is 92.6 Å². The van der Waals surface area contributed by atoms with Gasteiger partial charge in [-0.05, 0) is 57.2 Å². The van der Waals surface area contributed by atoms with E-state index in [4.69, 9.17) is 11.2 Å². The second-order valence-electron chi connectivity index (χ2n) is 10.3. The molecule has 198 valence electrons. The molecule has 0 unspecified atom stereocenters. The number of para-hydroxylation sites is 1. The number of fused-ring (bicyclic) bond motifs is 1. The van der Waals surface area contributed by atoms with E-state index < -0.39 is 5.60 Å². The van der Waals surface area contributed by atoms with E-state index in [0.29, 0.717) is 54.4 Å². The number of nitrogens with one attached hydrogen (secondary N) is 1. The predicted octanol–water partition coefficient (Wildman–Crippen LogP) is 4.56. The molecule has 3 heterocycles. The van der Waals surface area contributed by atoms with E-state index in [1.807, 2.05) is 75.4 Å². The normalized spacial score (nSPS) is 13.7. The van der Waals surface area contributed by atoms with E-state index >= 15 is 0 Å². The Kier molecular flexibility index (Phi) is 6.94. The molecule has 0 aliphatic carbocycles. The molecule has 2 aromatic heterocycles. The summed E-state index contributed by atoms with van der Waals surface area (Å²) >= 11 is 0. The fourth-order valence-electron chi connectivity index (χ4n) is 4.47. The third-order valence-electron chi connectivity index (χ3n) is 6.35. The lowest BCUT2D eigenvalue weighted by atomic mass is 10.2. The molecule has 1 aliphatic heterocycles. The highest BCUT2D eigenvalue weighted by Gasteiger charge is 2.26. The third-order valence-corrected chi connectivity index (χ3v) is 6.35. The molecule has 0 atom stereocenters. The van der Waals surface area contributed by atoms with Gasteiger partial charge in [-0.1, -0.05) is 24.1 Å². The van der Waals surface area contributed by atoms with Crippen LogP contribution in [0.4, 0.5) is 22.1 Å². The zero-order valence-electron chi connectivity index (χ0n) is 22.2. The van der Waals surface area contributed by atoms with Gasteiger partial charge in [-0.2, -0.15) is 4.98 Å². The number of carbonyl (C=O) groups is 1. The van der Waals surface area contributed by atoms with Crippen LogP contribution in [-0.4, -0.2) is 57.3 Å². The zero-order valence-corrected chi connectivity index (χ0v) is 22.2. The predicted molar refractivity (Wildman–Crippen MR) is 153 cm³/mol. The highest BCUT2D eigenvalue weighted by atomic mass is 16.6. The average molecular weight is 523 g/mol. The summed E-state index contributed by atoms with van der Waals surface area (Å²) in [7, 11) is 0. The van der Waals surface area contributed by atoms with E-state index in [2.05, 4.69) is 26.1 Å². The fraction of sp³-hybridized carbons (Fsp3) is 0.267. The van der Waals surface area contributed by atoms with Crippen LogP contribution in [0.5, 0.6) is 0 Å². The number of piperazine rings is 1. The van der Waals surface area contributed by atoms with E-state index in [-0.39, 0.29) is 11.7 Å². The number of anilines is 3. The number of hydrogen-bond donors (Lipinski definition) is 1. The minimum absolute atomic E-state index is 0.262. The van der Waals surface area contributed by atoms with E-state index in [0.717, 1.165) is 11.4 Å².